The molecule has 0 spiro atoms. The van der Waals surface area contributed by atoms with Gasteiger partial charge >= 0.3 is 0 Å². The van der Waals surface area contributed by atoms with E-state index in [9.17, 15) is 13.2 Å². The lowest BCUT2D eigenvalue weighted by Crippen LogP contribution is -2.34. The lowest BCUT2D eigenvalue weighted by atomic mass is 10.1. The number of hydrogen-bond donors (Lipinski definition) is 0. The van der Waals surface area contributed by atoms with Gasteiger partial charge in [0.1, 0.15) is 0 Å². The second-order valence-corrected chi connectivity index (χ2v) is 10.9. The van der Waals surface area contributed by atoms with Crippen molar-refractivity contribution < 1.29 is 13.2 Å². The van der Waals surface area contributed by atoms with Crippen LogP contribution in [0.3, 0.4) is 0 Å². The number of aryl methyl sites for hydroxylation is 2. The SMILES string of the molecule is CCS(=O)(=O)c1ccc(C(=O)N(CCn2cccn2)c2nc3c(C)cc(C)cc3s2)cc1. The number of rotatable bonds is 7. The van der Waals surface area contributed by atoms with E-state index < -0.39 is 9.84 Å². The molecule has 32 heavy (non-hydrogen) atoms. The van der Waals surface area contributed by atoms with Crippen molar-refractivity contribution in [3.05, 3.63) is 71.5 Å². The maximum atomic E-state index is 13.5. The molecule has 4 rings (SSSR count). The van der Waals surface area contributed by atoms with Gasteiger partial charge < -0.3 is 0 Å². The highest BCUT2D eigenvalue weighted by Crippen LogP contribution is 2.32. The molecule has 2 aromatic heterocycles. The quantitative estimate of drug-likeness (QED) is 0.405. The first kappa shape index (κ1) is 22.2. The van der Waals surface area contributed by atoms with Gasteiger partial charge in [0.2, 0.25) is 0 Å². The summed E-state index contributed by atoms with van der Waals surface area (Å²) in [6.45, 7) is 6.55. The van der Waals surface area contributed by atoms with Crippen LogP contribution in [0.25, 0.3) is 10.2 Å². The van der Waals surface area contributed by atoms with Crippen molar-refractivity contribution in [2.24, 2.45) is 0 Å². The summed E-state index contributed by atoms with van der Waals surface area (Å²) in [7, 11) is -3.33. The molecule has 4 aromatic rings. The molecule has 0 fully saturated rings. The van der Waals surface area contributed by atoms with Gasteiger partial charge in [-0.25, -0.2) is 13.4 Å². The molecular formula is C23H24N4O3S2. The second kappa shape index (κ2) is 8.84. The van der Waals surface area contributed by atoms with Crippen molar-refractivity contribution in [2.75, 3.05) is 17.2 Å². The third-order valence-corrected chi connectivity index (χ3v) is 8.02. The lowest BCUT2D eigenvalue weighted by molar-refractivity contribution is 0.0985. The molecule has 0 aliphatic rings. The number of amides is 1. The zero-order valence-corrected chi connectivity index (χ0v) is 19.8. The first-order valence-corrected chi connectivity index (χ1v) is 12.8. The summed E-state index contributed by atoms with van der Waals surface area (Å²) >= 11 is 1.47. The molecule has 0 aliphatic heterocycles. The van der Waals surface area contributed by atoms with Gasteiger partial charge in [0, 0.05) is 24.5 Å². The number of fused-ring (bicyclic) bond motifs is 1. The van der Waals surface area contributed by atoms with Gasteiger partial charge in [-0.3, -0.25) is 14.4 Å². The standard InChI is InChI=1S/C23H24N4O3S2/c1-4-32(29,30)19-8-6-18(7-9-19)22(28)27(13-12-26-11-5-10-24-26)23-25-21-17(3)14-16(2)15-20(21)31-23/h5-11,14-15H,4,12-13H2,1-3H3. The molecule has 2 heterocycles. The Bertz CT molecular complexity index is 1360. The van der Waals surface area contributed by atoms with Crippen LogP contribution in [0.1, 0.15) is 28.4 Å². The largest absolute Gasteiger partial charge is 0.282 e. The van der Waals surface area contributed by atoms with Crippen LogP contribution in [0.2, 0.25) is 0 Å². The Hall–Kier alpha value is -3.04. The maximum Gasteiger partial charge on any atom is 0.260 e. The van der Waals surface area contributed by atoms with Crippen molar-refractivity contribution in [2.45, 2.75) is 32.2 Å². The number of thiazole rings is 1. The Labute approximate surface area is 191 Å². The van der Waals surface area contributed by atoms with Crippen molar-refractivity contribution in [1.29, 1.82) is 0 Å². The topological polar surface area (TPSA) is 85.2 Å². The Morgan fingerprint density at radius 2 is 1.91 bits per heavy atom. The van der Waals surface area contributed by atoms with Gasteiger partial charge in [-0.2, -0.15) is 5.10 Å². The summed E-state index contributed by atoms with van der Waals surface area (Å²) in [6.07, 6.45) is 3.54. The van der Waals surface area contributed by atoms with Crippen LogP contribution in [-0.4, -0.2) is 41.4 Å². The highest BCUT2D eigenvalue weighted by Gasteiger charge is 2.23. The first-order valence-electron chi connectivity index (χ1n) is 10.3. The van der Waals surface area contributed by atoms with Crippen LogP contribution in [0.15, 0.2) is 59.8 Å². The summed E-state index contributed by atoms with van der Waals surface area (Å²) in [5.74, 6) is -0.216. The van der Waals surface area contributed by atoms with Crippen molar-refractivity contribution in [3.8, 4) is 0 Å². The molecule has 0 bridgehead atoms. The number of nitrogens with zero attached hydrogens (tertiary/aromatic N) is 4. The van der Waals surface area contributed by atoms with E-state index in [0.717, 1.165) is 21.3 Å². The number of hydrogen-bond acceptors (Lipinski definition) is 6. The van der Waals surface area contributed by atoms with Gasteiger partial charge in [-0.15, -0.1) is 0 Å². The van der Waals surface area contributed by atoms with E-state index in [2.05, 4.69) is 17.2 Å². The molecule has 0 radical (unpaired) electrons. The average Bonchev–Trinajstić information content (AvgIpc) is 3.44. The molecule has 166 valence electrons. The zero-order valence-electron chi connectivity index (χ0n) is 18.1. The molecule has 0 atom stereocenters. The molecule has 0 unspecified atom stereocenters. The minimum atomic E-state index is -3.33. The molecule has 1 amide bonds. The van der Waals surface area contributed by atoms with Gasteiger partial charge in [-0.1, -0.05) is 24.3 Å². The number of carbonyl (C=O) groups excluding carboxylic acids is 1. The number of anilines is 1. The van der Waals surface area contributed by atoms with Crippen LogP contribution in [0.4, 0.5) is 5.13 Å². The van der Waals surface area contributed by atoms with Crippen LogP contribution in [-0.2, 0) is 16.4 Å². The number of sulfone groups is 1. The van der Waals surface area contributed by atoms with E-state index in [1.54, 1.807) is 34.8 Å². The van der Waals surface area contributed by atoms with E-state index in [1.165, 1.54) is 23.5 Å². The number of carbonyl (C=O) groups is 1. The summed E-state index contributed by atoms with van der Waals surface area (Å²) < 4.78 is 27.0. The summed E-state index contributed by atoms with van der Waals surface area (Å²) in [5.41, 5.74) is 3.51. The third kappa shape index (κ3) is 4.44. The fourth-order valence-electron chi connectivity index (χ4n) is 3.52. The summed E-state index contributed by atoms with van der Waals surface area (Å²) in [4.78, 5) is 20.1. The van der Waals surface area contributed by atoms with Gasteiger partial charge in [-0.05, 0) is 61.4 Å². The van der Waals surface area contributed by atoms with E-state index in [1.807, 2.05) is 26.1 Å². The van der Waals surface area contributed by atoms with Crippen molar-refractivity contribution in [3.63, 3.8) is 0 Å². The Balaban J connectivity index is 1.70. The molecule has 7 nitrogen and oxygen atoms in total. The Morgan fingerprint density at radius 3 is 2.56 bits per heavy atom. The fourth-order valence-corrected chi connectivity index (χ4v) is 5.57. The summed E-state index contributed by atoms with van der Waals surface area (Å²) in [5, 5.41) is 4.83. The maximum absolute atomic E-state index is 13.5. The molecule has 0 aliphatic carbocycles. The highest BCUT2D eigenvalue weighted by molar-refractivity contribution is 7.91. The normalized spacial score (nSPS) is 11.7. The molecule has 2 aromatic carbocycles. The molecular weight excluding hydrogens is 444 g/mol. The highest BCUT2D eigenvalue weighted by atomic mass is 32.2. The van der Waals surface area contributed by atoms with E-state index in [4.69, 9.17) is 4.98 Å². The van der Waals surface area contributed by atoms with E-state index in [-0.39, 0.29) is 16.6 Å². The minimum Gasteiger partial charge on any atom is -0.282 e. The van der Waals surface area contributed by atoms with E-state index >= 15 is 0 Å². The van der Waals surface area contributed by atoms with Crippen LogP contribution in [0.5, 0.6) is 0 Å². The molecule has 0 saturated carbocycles. The number of aromatic nitrogens is 3. The first-order chi connectivity index (χ1) is 15.3. The molecule has 9 heteroatoms. The minimum absolute atomic E-state index is 0.0146. The second-order valence-electron chi connectivity index (χ2n) is 7.58. The van der Waals surface area contributed by atoms with Gasteiger partial charge in [0.05, 0.1) is 27.4 Å². The zero-order chi connectivity index (χ0) is 22.9. The smallest absolute Gasteiger partial charge is 0.260 e. The average molecular weight is 469 g/mol. The summed E-state index contributed by atoms with van der Waals surface area (Å²) in [6, 6.07) is 12.1. The van der Waals surface area contributed by atoms with Crippen molar-refractivity contribution >= 4 is 42.4 Å². The Kier molecular flexibility index (Phi) is 6.12. The van der Waals surface area contributed by atoms with Crippen LogP contribution < -0.4 is 4.90 Å². The van der Waals surface area contributed by atoms with Crippen LogP contribution in [0, 0.1) is 13.8 Å². The lowest BCUT2D eigenvalue weighted by Gasteiger charge is -2.20. The molecule has 0 saturated heterocycles. The number of benzene rings is 2. The molecule has 0 N–H and O–H groups in total. The predicted molar refractivity (Wildman–Crippen MR) is 127 cm³/mol. The van der Waals surface area contributed by atoms with Crippen LogP contribution >= 0.6 is 11.3 Å². The third-order valence-electron chi connectivity index (χ3n) is 5.25. The van der Waals surface area contributed by atoms with Crippen molar-refractivity contribution in [1.82, 2.24) is 14.8 Å². The monoisotopic (exact) mass is 468 g/mol. The van der Waals surface area contributed by atoms with Gasteiger partial charge in [0.25, 0.3) is 5.91 Å². The van der Waals surface area contributed by atoms with E-state index in [0.29, 0.717) is 23.8 Å². The Morgan fingerprint density at radius 1 is 1.16 bits per heavy atom. The van der Waals surface area contributed by atoms with Gasteiger partial charge in [0.15, 0.2) is 15.0 Å². The fraction of sp³-hybridized carbons (Fsp3) is 0.261. The predicted octanol–water partition coefficient (Wildman–Crippen LogP) is 4.25.